The number of hydrogen-bond donors (Lipinski definition) is 2. The predicted molar refractivity (Wildman–Crippen MR) is 121 cm³/mol. The summed E-state index contributed by atoms with van der Waals surface area (Å²) in [7, 11) is 0. The maximum atomic E-state index is 12.7. The van der Waals surface area contributed by atoms with Crippen LogP contribution in [0.1, 0.15) is 31.7 Å². The first-order chi connectivity index (χ1) is 15.0. The summed E-state index contributed by atoms with van der Waals surface area (Å²) in [4.78, 5) is 29.7. The molecule has 1 aliphatic carbocycles. The van der Waals surface area contributed by atoms with Crippen LogP contribution >= 0.6 is 0 Å². The standard InChI is InChI=1S/C23H26N6O2/c1-2-15(10-26-18-13-31-14-18)21(30)29-22(25)23(8-3-9-23)17-6-4-16(5-7-17)19-11-28-20(24)12-27-19/h2,4-7,10-12,18H,3,8-9,13-14H2,1H3,(H2,24,28)(H2,25,29,30)/b15-2+,26-10?. The highest BCUT2D eigenvalue weighted by Gasteiger charge is 2.42. The van der Waals surface area contributed by atoms with Crippen molar-refractivity contribution in [2.75, 3.05) is 18.9 Å². The van der Waals surface area contributed by atoms with Crippen molar-refractivity contribution in [1.82, 2.24) is 9.97 Å². The molecule has 1 saturated heterocycles. The van der Waals surface area contributed by atoms with Crippen molar-refractivity contribution in [3.8, 4) is 11.3 Å². The van der Waals surface area contributed by atoms with E-state index >= 15 is 0 Å². The van der Waals surface area contributed by atoms with Crippen molar-refractivity contribution in [2.24, 2.45) is 15.7 Å². The fourth-order valence-corrected chi connectivity index (χ4v) is 3.70. The van der Waals surface area contributed by atoms with Crippen molar-refractivity contribution in [3.63, 3.8) is 0 Å². The molecular formula is C23H26N6O2. The number of aromatic nitrogens is 2. The summed E-state index contributed by atoms with van der Waals surface area (Å²) in [5, 5.41) is 0. The van der Waals surface area contributed by atoms with Gasteiger partial charge in [-0.25, -0.2) is 4.98 Å². The third kappa shape index (κ3) is 4.25. The van der Waals surface area contributed by atoms with Crippen molar-refractivity contribution < 1.29 is 9.53 Å². The Bertz CT molecular complexity index is 1030. The Morgan fingerprint density at radius 2 is 1.94 bits per heavy atom. The number of amides is 1. The number of amidine groups is 1. The summed E-state index contributed by atoms with van der Waals surface area (Å²) in [6.45, 7) is 2.97. The minimum absolute atomic E-state index is 0.117. The van der Waals surface area contributed by atoms with Crippen molar-refractivity contribution in [2.45, 2.75) is 37.6 Å². The maximum absolute atomic E-state index is 12.7. The van der Waals surface area contributed by atoms with Gasteiger partial charge in [0.1, 0.15) is 11.7 Å². The van der Waals surface area contributed by atoms with E-state index in [1.54, 1.807) is 25.4 Å². The molecule has 160 valence electrons. The number of benzene rings is 1. The van der Waals surface area contributed by atoms with Crippen LogP contribution in [0.4, 0.5) is 5.82 Å². The second-order valence-corrected chi connectivity index (χ2v) is 7.86. The number of rotatable bonds is 6. The molecule has 1 aromatic carbocycles. The second kappa shape index (κ2) is 8.77. The Balaban J connectivity index is 1.54. The lowest BCUT2D eigenvalue weighted by molar-refractivity contribution is -0.113. The molecule has 8 nitrogen and oxygen atoms in total. The van der Waals surface area contributed by atoms with E-state index in [1.165, 1.54) is 6.20 Å². The lowest BCUT2D eigenvalue weighted by atomic mass is 9.63. The average molecular weight is 419 g/mol. The van der Waals surface area contributed by atoms with Gasteiger partial charge in [0.2, 0.25) is 0 Å². The molecule has 2 aromatic rings. The molecule has 2 fully saturated rings. The average Bonchev–Trinajstić information content (AvgIpc) is 2.70. The van der Waals surface area contributed by atoms with E-state index in [0.717, 1.165) is 36.1 Å². The molecule has 2 aliphatic rings. The highest BCUT2D eigenvalue weighted by atomic mass is 16.5. The highest BCUT2D eigenvalue weighted by Crippen LogP contribution is 2.44. The zero-order valence-corrected chi connectivity index (χ0v) is 17.5. The molecule has 2 heterocycles. The summed E-state index contributed by atoms with van der Waals surface area (Å²) in [5.74, 6) is 0.363. The SMILES string of the molecule is C/C=C(\C=NC1COC1)C(=O)N=C(N)C1(c2ccc(-c3cnc(N)cn3)cc2)CCC1. The Labute approximate surface area is 181 Å². The minimum atomic E-state index is -0.418. The molecule has 4 rings (SSSR count). The van der Waals surface area contributed by atoms with Gasteiger partial charge in [-0.3, -0.25) is 14.8 Å². The molecule has 0 spiro atoms. The molecule has 0 radical (unpaired) electrons. The summed E-state index contributed by atoms with van der Waals surface area (Å²) in [5.41, 5.74) is 14.8. The first-order valence-corrected chi connectivity index (χ1v) is 10.4. The van der Waals surface area contributed by atoms with Crippen LogP contribution in [0, 0.1) is 0 Å². The van der Waals surface area contributed by atoms with Crippen molar-refractivity contribution in [3.05, 3.63) is 53.9 Å². The fourth-order valence-electron chi connectivity index (χ4n) is 3.70. The number of nitrogens with two attached hydrogens (primary N) is 2. The molecule has 31 heavy (non-hydrogen) atoms. The van der Waals surface area contributed by atoms with Gasteiger partial charge < -0.3 is 16.2 Å². The van der Waals surface area contributed by atoms with Gasteiger partial charge in [0.25, 0.3) is 5.91 Å². The summed E-state index contributed by atoms with van der Waals surface area (Å²) >= 11 is 0. The quantitative estimate of drug-likeness (QED) is 0.421. The minimum Gasteiger partial charge on any atom is -0.386 e. The molecule has 1 aliphatic heterocycles. The van der Waals surface area contributed by atoms with Gasteiger partial charge in [0, 0.05) is 11.8 Å². The topological polar surface area (TPSA) is 129 Å². The van der Waals surface area contributed by atoms with Gasteiger partial charge in [0.05, 0.1) is 48.3 Å². The third-order valence-electron chi connectivity index (χ3n) is 5.93. The molecular weight excluding hydrogens is 392 g/mol. The Morgan fingerprint density at radius 1 is 1.19 bits per heavy atom. The first-order valence-electron chi connectivity index (χ1n) is 10.4. The number of allylic oxidation sites excluding steroid dienone is 1. The van der Waals surface area contributed by atoms with Gasteiger partial charge in [-0.05, 0) is 25.3 Å². The van der Waals surface area contributed by atoms with Gasteiger partial charge in [-0.15, -0.1) is 0 Å². The lowest BCUT2D eigenvalue weighted by Gasteiger charge is -2.41. The number of anilines is 1. The zero-order valence-electron chi connectivity index (χ0n) is 17.5. The third-order valence-corrected chi connectivity index (χ3v) is 5.93. The molecule has 0 bridgehead atoms. The van der Waals surface area contributed by atoms with Gasteiger partial charge in [0.15, 0.2) is 0 Å². The van der Waals surface area contributed by atoms with E-state index in [4.69, 9.17) is 16.2 Å². The Morgan fingerprint density at radius 3 is 2.45 bits per heavy atom. The van der Waals surface area contributed by atoms with Crippen molar-refractivity contribution >= 4 is 23.8 Å². The molecule has 1 aromatic heterocycles. The van der Waals surface area contributed by atoms with E-state index < -0.39 is 5.41 Å². The number of hydrogen-bond acceptors (Lipinski definition) is 6. The maximum Gasteiger partial charge on any atom is 0.279 e. The number of nitrogens with zero attached hydrogens (tertiary/aromatic N) is 4. The predicted octanol–water partition coefficient (Wildman–Crippen LogP) is 2.45. The monoisotopic (exact) mass is 418 g/mol. The van der Waals surface area contributed by atoms with E-state index in [-0.39, 0.29) is 11.9 Å². The van der Waals surface area contributed by atoms with Crippen LogP contribution in [-0.2, 0) is 14.9 Å². The Hall–Kier alpha value is -3.39. The zero-order chi connectivity index (χ0) is 21.8. The summed E-state index contributed by atoms with van der Waals surface area (Å²) in [6.07, 6.45) is 9.21. The second-order valence-electron chi connectivity index (χ2n) is 7.86. The van der Waals surface area contributed by atoms with Crippen LogP contribution in [0.15, 0.2) is 58.3 Å². The largest absolute Gasteiger partial charge is 0.386 e. The summed E-state index contributed by atoms with van der Waals surface area (Å²) in [6, 6.07) is 8.12. The number of ether oxygens (including phenoxy) is 1. The van der Waals surface area contributed by atoms with Gasteiger partial charge >= 0.3 is 0 Å². The van der Waals surface area contributed by atoms with Gasteiger partial charge in [-0.2, -0.15) is 4.99 Å². The van der Waals surface area contributed by atoms with Crippen LogP contribution in [0.2, 0.25) is 0 Å². The molecule has 0 atom stereocenters. The van der Waals surface area contributed by atoms with Crippen LogP contribution in [0.3, 0.4) is 0 Å². The normalized spacial score (nSPS) is 19.1. The van der Waals surface area contributed by atoms with E-state index in [0.29, 0.717) is 30.4 Å². The highest BCUT2D eigenvalue weighted by molar-refractivity contribution is 6.16. The number of carbonyl (C=O) groups is 1. The molecule has 0 unspecified atom stereocenters. The van der Waals surface area contributed by atoms with Crippen LogP contribution < -0.4 is 11.5 Å². The van der Waals surface area contributed by atoms with Crippen LogP contribution in [0.25, 0.3) is 11.3 Å². The smallest absolute Gasteiger partial charge is 0.279 e. The van der Waals surface area contributed by atoms with E-state index in [9.17, 15) is 4.79 Å². The Kier molecular flexibility index (Phi) is 5.90. The van der Waals surface area contributed by atoms with Gasteiger partial charge in [-0.1, -0.05) is 36.8 Å². The fraction of sp³-hybridized carbons (Fsp3) is 0.348. The molecule has 8 heteroatoms. The molecule has 1 saturated carbocycles. The van der Waals surface area contributed by atoms with E-state index in [2.05, 4.69) is 20.0 Å². The van der Waals surface area contributed by atoms with Crippen LogP contribution in [-0.4, -0.2) is 47.2 Å². The van der Waals surface area contributed by atoms with Crippen LogP contribution in [0.5, 0.6) is 0 Å². The number of aliphatic imine (C=N–C) groups is 2. The number of carbonyl (C=O) groups excluding carboxylic acids is 1. The number of nitrogen functional groups attached to an aromatic ring is 1. The lowest BCUT2D eigenvalue weighted by Crippen LogP contribution is -2.47. The summed E-state index contributed by atoms with van der Waals surface area (Å²) < 4.78 is 5.10. The van der Waals surface area contributed by atoms with Crippen molar-refractivity contribution in [1.29, 1.82) is 0 Å². The van der Waals surface area contributed by atoms with E-state index in [1.807, 2.05) is 24.3 Å². The first kappa shape index (κ1) is 20.9. The molecule has 4 N–H and O–H groups in total. The molecule has 1 amide bonds.